The fraction of sp³-hybridized carbons (Fsp3) is 0.231. The van der Waals surface area contributed by atoms with Gasteiger partial charge in [-0.1, -0.05) is 12.1 Å². The predicted molar refractivity (Wildman–Crippen MR) is 72.2 cm³/mol. The number of urea groups is 1. The fourth-order valence-electron chi connectivity index (χ4n) is 2.21. The molecule has 1 atom stereocenters. The molecule has 1 aromatic carbocycles. The molecule has 8 heteroatoms. The van der Waals surface area contributed by atoms with Crippen LogP contribution in [0.15, 0.2) is 35.5 Å². The summed E-state index contributed by atoms with van der Waals surface area (Å²) in [6.07, 6.45) is 0. The second-order valence-electron chi connectivity index (χ2n) is 4.38. The maximum Gasteiger partial charge on any atom is 0.337 e. The molecule has 0 aromatic heterocycles. The number of para-hydroxylation sites is 1. The largest absolute Gasteiger partial charge is 0.466 e. The summed E-state index contributed by atoms with van der Waals surface area (Å²) in [5.74, 6) is -0.664. The first-order chi connectivity index (χ1) is 9.95. The van der Waals surface area contributed by atoms with E-state index in [-0.39, 0.29) is 16.8 Å². The van der Waals surface area contributed by atoms with Crippen molar-refractivity contribution in [2.24, 2.45) is 0 Å². The molecular formula is C13H13N3O5. The highest BCUT2D eigenvalue weighted by Crippen LogP contribution is 2.32. The summed E-state index contributed by atoms with van der Waals surface area (Å²) in [6.45, 7) is 1.53. The van der Waals surface area contributed by atoms with Gasteiger partial charge in [0.05, 0.1) is 29.2 Å². The molecule has 0 aliphatic carbocycles. The number of amides is 2. The van der Waals surface area contributed by atoms with Gasteiger partial charge in [-0.25, -0.2) is 9.59 Å². The number of hydrogen-bond acceptors (Lipinski definition) is 5. The Labute approximate surface area is 119 Å². The summed E-state index contributed by atoms with van der Waals surface area (Å²) in [5.41, 5.74) is 0.469. The van der Waals surface area contributed by atoms with Crippen LogP contribution in [-0.2, 0) is 9.53 Å². The summed E-state index contributed by atoms with van der Waals surface area (Å²) in [5, 5.41) is 16.1. The maximum atomic E-state index is 11.9. The van der Waals surface area contributed by atoms with Gasteiger partial charge < -0.3 is 15.4 Å². The highest BCUT2D eigenvalue weighted by molar-refractivity contribution is 5.95. The van der Waals surface area contributed by atoms with Crippen LogP contribution in [-0.4, -0.2) is 24.0 Å². The van der Waals surface area contributed by atoms with E-state index in [2.05, 4.69) is 15.4 Å². The lowest BCUT2D eigenvalue weighted by atomic mass is 9.94. The van der Waals surface area contributed by atoms with E-state index in [1.165, 1.54) is 32.2 Å². The topological polar surface area (TPSA) is 111 Å². The van der Waals surface area contributed by atoms with E-state index < -0.39 is 23.0 Å². The van der Waals surface area contributed by atoms with Crippen molar-refractivity contribution in [1.82, 2.24) is 10.6 Å². The van der Waals surface area contributed by atoms with E-state index in [1.54, 1.807) is 6.07 Å². The molecule has 0 unspecified atom stereocenters. The number of hydrogen-bond donors (Lipinski definition) is 2. The summed E-state index contributed by atoms with van der Waals surface area (Å²) in [6, 6.07) is 4.44. The Morgan fingerprint density at radius 2 is 2.05 bits per heavy atom. The standard InChI is InChI=1S/C13H13N3O5/c1-7-10(12(17)21-2)11(15-13(18)14-7)8-5-3-4-6-9(8)16(19)20/h3-6,11H,1-2H3,(H2,14,15,18)/t11-/m0/s1. The summed E-state index contributed by atoms with van der Waals surface area (Å²) >= 11 is 0. The number of nitrogens with zero attached hydrogens (tertiary/aromatic N) is 1. The number of nitro benzene ring substituents is 1. The van der Waals surface area contributed by atoms with Crippen LogP contribution in [0.4, 0.5) is 10.5 Å². The molecule has 8 nitrogen and oxygen atoms in total. The van der Waals surface area contributed by atoms with Gasteiger partial charge in [-0.05, 0) is 13.0 Å². The van der Waals surface area contributed by atoms with Crippen molar-refractivity contribution in [1.29, 1.82) is 0 Å². The minimum atomic E-state index is -0.937. The second kappa shape index (κ2) is 5.61. The van der Waals surface area contributed by atoms with E-state index >= 15 is 0 Å². The Morgan fingerprint density at radius 1 is 1.38 bits per heavy atom. The number of methoxy groups -OCH3 is 1. The van der Waals surface area contributed by atoms with Gasteiger partial charge in [-0.2, -0.15) is 0 Å². The molecule has 1 aliphatic rings. The molecule has 0 fully saturated rings. The van der Waals surface area contributed by atoms with E-state index in [0.717, 1.165) is 0 Å². The lowest BCUT2D eigenvalue weighted by molar-refractivity contribution is -0.385. The molecule has 1 aliphatic heterocycles. The van der Waals surface area contributed by atoms with Gasteiger partial charge >= 0.3 is 12.0 Å². The highest BCUT2D eigenvalue weighted by atomic mass is 16.6. The number of nitro groups is 1. The van der Waals surface area contributed by atoms with Crippen LogP contribution in [0, 0.1) is 10.1 Å². The normalized spacial score (nSPS) is 17.8. The minimum Gasteiger partial charge on any atom is -0.466 e. The molecular weight excluding hydrogens is 278 g/mol. The lowest BCUT2D eigenvalue weighted by Gasteiger charge is -2.27. The molecule has 2 rings (SSSR count). The van der Waals surface area contributed by atoms with Crippen molar-refractivity contribution in [3.05, 3.63) is 51.2 Å². The summed E-state index contributed by atoms with van der Waals surface area (Å²) < 4.78 is 4.69. The molecule has 2 amide bonds. The molecule has 0 radical (unpaired) electrons. The molecule has 2 N–H and O–H groups in total. The van der Waals surface area contributed by atoms with Crippen LogP contribution < -0.4 is 10.6 Å². The Bertz CT molecular complexity index is 653. The Hall–Kier alpha value is -2.90. The van der Waals surface area contributed by atoms with Crippen LogP contribution in [0.3, 0.4) is 0 Å². The van der Waals surface area contributed by atoms with Crippen molar-refractivity contribution in [3.63, 3.8) is 0 Å². The third-order valence-corrected chi connectivity index (χ3v) is 3.12. The number of allylic oxidation sites excluding steroid dienone is 1. The van der Waals surface area contributed by atoms with Gasteiger partial charge in [0.25, 0.3) is 5.69 Å². The predicted octanol–water partition coefficient (Wildman–Crippen LogP) is 1.40. The van der Waals surface area contributed by atoms with E-state index in [4.69, 9.17) is 0 Å². The summed E-state index contributed by atoms with van der Waals surface area (Å²) in [7, 11) is 1.20. The zero-order valence-corrected chi connectivity index (χ0v) is 11.4. The molecule has 110 valence electrons. The van der Waals surface area contributed by atoms with E-state index in [1.807, 2.05) is 0 Å². The number of carbonyl (C=O) groups excluding carboxylic acids is 2. The Morgan fingerprint density at radius 3 is 2.67 bits per heavy atom. The van der Waals surface area contributed by atoms with Gasteiger partial charge in [-0.3, -0.25) is 10.1 Å². The SMILES string of the molecule is COC(=O)C1=C(C)NC(=O)N[C@H]1c1ccccc1[N+](=O)[O-]. The molecule has 0 bridgehead atoms. The second-order valence-corrected chi connectivity index (χ2v) is 4.38. The number of nitrogens with one attached hydrogen (secondary N) is 2. The quantitative estimate of drug-likeness (QED) is 0.496. The third kappa shape index (κ3) is 2.69. The Kier molecular flexibility index (Phi) is 3.88. The number of rotatable bonds is 3. The van der Waals surface area contributed by atoms with Crippen molar-refractivity contribution in [3.8, 4) is 0 Å². The first-order valence-electron chi connectivity index (χ1n) is 6.05. The molecule has 21 heavy (non-hydrogen) atoms. The van der Waals surface area contributed by atoms with E-state index in [9.17, 15) is 19.7 Å². The Balaban J connectivity index is 2.60. The van der Waals surface area contributed by atoms with Crippen LogP contribution >= 0.6 is 0 Å². The van der Waals surface area contributed by atoms with E-state index in [0.29, 0.717) is 5.70 Å². The molecule has 0 saturated heterocycles. The zero-order chi connectivity index (χ0) is 15.6. The highest BCUT2D eigenvalue weighted by Gasteiger charge is 2.35. The molecule has 1 aromatic rings. The van der Waals surface area contributed by atoms with Crippen LogP contribution in [0.5, 0.6) is 0 Å². The lowest BCUT2D eigenvalue weighted by Crippen LogP contribution is -2.45. The van der Waals surface area contributed by atoms with Crippen LogP contribution in [0.2, 0.25) is 0 Å². The third-order valence-electron chi connectivity index (χ3n) is 3.12. The average Bonchev–Trinajstić information content (AvgIpc) is 2.45. The molecule has 1 heterocycles. The minimum absolute atomic E-state index is 0.131. The summed E-state index contributed by atoms with van der Waals surface area (Å²) in [4.78, 5) is 34.1. The number of esters is 1. The van der Waals surface area contributed by atoms with Crippen molar-refractivity contribution < 1.29 is 19.2 Å². The first-order valence-corrected chi connectivity index (χ1v) is 6.05. The van der Waals surface area contributed by atoms with Gasteiger partial charge in [0.15, 0.2) is 0 Å². The number of benzene rings is 1. The van der Waals surface area contributed by atoms with Gasteiger partial charge in [0, 0.05) is 11.8 Å². The average molecular weight is 291 g/mol. The number of carbonyl (C=O) groups is 2. The zero-order valence-electron chi connectivity index (χ0n) is 11.4. The maximum absolute atomic E-state index is 11.9. The monoisotopic (exact) mass is 291 g/mol. The van der Waals surface area contributed by atoms with Gasteiger partial charge in [-0.15, -0.1) is 0 Å². The van der Waals surface area contributed by atoms with Crippen molar-refractivity contribution in [2.75, 3.05) is 7.11 Å². The van der Waals surface area contributed by atoms with Crippen molar-refractivity contribution in [2.45, 2.75) is 13.0 Å². The van der Waals surface area contributed by atoms with Gasteiger partial charge in [0.1, 0.15) is 0 Å². The molecule has 0 spiro atoms. The van der Waals surface area contributed by atoms with Crippen LogP contribution in [0.1, 0.15) is 18.5 Å². The van der Waals surface area contributed by atoms with Crippen LogP contribution in [0.25, 0.3) is 0 Å². The first kappa shape index (κ1) is 14.5. The fourth-order valence-corrected chi connectivity index (χ4v) is 2.21. The van der Waals surface area contributed by atoms with Crippen molar-refractivity contribution >= 4 is 17.7 Å². The number of ether oxygens (including phenoxy) is 1. The smallest absolute Gasteiger partial charge is 0.337 e. The molecule has 0 saturated carbocycles. The van der Waals surface area contributed by atoms with Gasteiger partial charge in [0.2, 0.25) is 0 Å².